The molecule has 194 valence electrons. The first-order chi connectivity index (χ1) is 23.9. The summed E-state index contributed by atoms with van der Waals surface area (Å²) in [6.07, 6.45) is 0. The summed E-state index contributed by atoms with van der Waals surface area (Å²) in [6.45, 7) is -1.39. The van der Waals surface area contributed by atoms with Crippen molar-refractivity contribution >= 4 is 43.6 Å². The minimum absolute atomic E-state index is 0.0360. The SMILES string of the molecule is [2H]c1c([2H])c(-n2c3ccccc3c3ccccc32)c([2H])c2c1-c1c([2H])c([2H])c(-n3c4ccccc4c4ccccc43)c([2H])c1C2(C)C([2H])([2H])[2H]. The van der Waals surface area contributed by atoms with Crippen molar-refractivity contribution in [3.05, 3.63) is 144 Å². The van der Waals surface area contributed by atoms with Crippen molar-refractivity contribution in [2.24, 2.45) is 0 Å². The van der Waals surface area contributed by atoms with Crippen LogP contribution in [-0.2, 0) is 5.41 Å². The number of fused-ring (bicyclic) bond motifs is 9. The zero-order valence-corrected chi connectivity index (χ0v) is 22.1. The average Bonchev–Trinajstić information content (AvgIpc) is 3.72. The van der Waals surface area contributed by atoms with Gasteiger partial charge in [-0.05, 0) is 70.7 Å². The van der Waals surface area contributed by atoms with Gasteiger partial charge in [0.1, 0.15) is 0 Å². The molecule has 2 heteroatoms. The molecule has 0 spiro atoms. The Balaban J connectivity index is 1.44. The van der Waals surface area contributed by atoms with E-state index in [1.165, 1.54) is 6.92 Å². The maximum absolute atomic E-state index is 9.76. The van der Waals surface area contributed by atoms with E-state index < -0.39 is 12.3 Å². The Kier molecular flexibility index (Phi) is 3.05. The molecule has 2 nitrogen and oxygen atoms in total. The molecule has 2 heterocycles. The summed E-state index contributed by atoms with van der Waals surface area (Å²) in [6, 6.07) is 28.5. The second-order valence-electron chi connectivity index (χ2n) is 10.8. The van der Waals surface area contributed by atoms with Gasteiger partial charge in [-0.2, -0.15) is 0 Å². The highest BCUT2D eigenvalue weighted by Gasteiger charge is 2.36. The Bertz CT molecular complexity index is 2500. The third kappa shape index (κ3) is 2.97. The first kappa shape index (κ1) is 15.6. The third-order valence-electron chi connectivity index (χ3n) is 8.46. The topological polar surface area (TPSA) is 9.86 Å². The van der Waals surface area contributed by atoms with Crippen LogP contribution < -0.4 is 0 Å². The van der Waals surface area contributed by atoms with Gasteiger partial charge in [0, 0.05) is 42.4 Å². The number of benzene rings is 6. The molecular weight excluding hydrogens is 496 g/mol. The zero-order chi connectivity index (χ0) is 35.0. The Hall–Kier alpha value is -5.08. The Morgan fingerprint density at radius 1 is 0.512 bits per heavy atom. The van der Waals surface area contributed by atoms with Crippen LogP contribution in [0.25, 0.3) is 66.1 Å². The summed E-state index contributed by atoms with van der Waals surface area (Å²) >= 11 is 0. The first-order valence-electron chi connectivity index (χ1n) is 18.2. The molecule has 0 aliphatic heterocycles. The van der Waals surface area contributed by atoms with Gasteiger partial charge in [0.15, 0.2) is 0 Å². The van der Waals surface area contributed by atoms with Gasteiger partial charge < -0.3 is 9.13 Å². The summed E-state index contributed by atoms with van der Waals surface area (Å²) in [7, 11) is 0. The molecule has 0 radical (unpaired) electrons. The van der Waals surface area contributed by atoms with E-state index in [2.05, 4.69) is 0 Å². The second-order valence-corrected chi connectivity index (χ2v) is 10.8. The second kappa shape index (κ2) is 7.99. The number of hydrogen-bond donors (Lipinski definition) is 0. The van der Waals surface area contributed by atoms with Gasteiger partial charge in [0.25, 0.3) is 0 Å². The molecule has 0 atom stereocenters. The minimum atomic E-state index is -2.85. The van der Waals surface area contributed by atoms with Crippen LogP contribution >= 0.6 is 0 Å². The van der Waals surface area contributed by atoms with Crippen molar-refractivity contribution in [2.45, 2.75) is 19.2 Å². The van der Waals surface area contributed by atoms with Gasteiger partial charge in [-0.15, -0.1) is 0 Å². The van der Waals surface area contributed by atoms with E-state index in [0.29, 0.717) is 22.1 Å². The molecule has 9 rings (SSSR count). The van der Waals surface area contributed by atoms with Gasteiger partial charge in [-0.25, -0.2) is 0 Å². The fraction of sp³-hybridized carbons (Fsp3) is 0.0769. The minimum Gasteiger partial charge on any atom is -0.309 e. The van der Waals surface area contributed by atoms with E-state index in [1.807, 2.05) is 97.1 Å². The fourth-order valence-corrected chi connectivity index (χ4v) is 6.59. The van der Waals surface area contributed by atoms with Crippen LogP contribution in [0.15, 0.2) is 133 Å². The smallest absolute Gasteiger partial charge is 0.0648 e. The molecule has 0 unspecified atom stereocenters. The van der Waals surface area contributed by atoms with Crippen LogP contribution in [0.1, 0.15) is 37.2 Å². The van der Waals surface area contributed by atoms with Crippen molar-refractivity contribution in [3.8, 4) is 22.5 Å². The lowest BCUT2D eigenvalue weighted by Crippen LogP contribution is -2.16. The van der Waals surface area contributed by atoms with E-state index >= 15 is 0 Å². The van der Waals surface area contributed by atoms with Gasteiger partial charge in [0.05, 0.1) is 30.3 Å². The molecule has 1 aliphatic rings. The monoisotopic (exact) mass is 533 g/mol. The Labute approximate surface area is 251 Å². The van der Waals surface area contributed by atoms with Crippen LogP contribution in [0.4, 0.5) is 0 Å². The summed E-state index contributed by atoms with van der Waals surface area (Å²) in [5.41, 5.74) is 0.727. The molecule has 0 saturated heterocycles. The fourth-order valence-electron chi connectivity index (χ4n) is 6.59. The first-order valence-corrected chi connectivity index (χ1v) is 13.7. The number of para-hydroxylation sites is 4. The van der Waals surface area contributed by atoms with Crippen LogP contribution in [-0.4, -0.2) is 9.13 Å². The van der Waals surface area contributed by atoms with Crippen molar-refractivity contribution in [2.75, 3.05) is 0 Å². The van der Waals surface area contributed by atoms with E-state index in [4.69, 9.17) is 4.11 Å². The third-order valence-corrected chi connectivity index (χ3v) is 8.46. The van der Waals surface area contributed by atoms with Crippen molar-refractivity contribution < 1.29 is 12.3 Å². The molecule has 1 aliphatic carbocycles. The predicted molar refractivity (Wildman–Crippen MR) is 173 cm³/mol. The number of hydrogen-bond acceptors (Lipinski definition) is 0. The normalized spacial score (nSPS) is 17.2. The average molecular weight is 534 g/mol. The van der Waals surface area contributed by atoms with E-state index in [9.17, 15) is 8.22 Å². The van der Waals surface area contributed by atoms with Crippen molar-refractivity contribution in [3.63, 3.8) is 0 Å². The summed E-state index contributed by atoms with van der Waals surface area (Å²) in [4.78, 5) is 0. The van der Waals surface area contributed by atoms with E-state index in [-0.39, 0.29) is 69.9 Å². The largest absolute Gasteiger partial charge is 0.309 e. The van der Waals surface area contributed by atoms with Crippen LogP contribution in [0.3, 0.4) is 0 Å². The summed E-state index contributed by atoms with van der Waals surface area (Å²) in [5, 5.41) is 3.53. The standard InChI is InChI=1S/C39H28N2/c1-39(2)33-23-25(40-35-15-7-3-11-29(35)30-12-4-8-16-36(30)40)19-21-27(33)28-22-20-26(24-34(28)39)41-37-17-9-5-13-31(37)32-14-6-10-18-38(32)41/h3-24H,1-2H3/i1D3,19D,20D,21D,22D,23D,24D. The molecule has 0 amide bonds. The zero-order valence-electron chi connectivity index (χ0n) is 31.1. The van der Waals surface area contributed by atoms with Crippen molar-refractivity contribution in [1.29, 1.82) is 0 Å². The van der Waals surface area contributed by atoms with E-state index in [1.54, 1.807) is 9.13 Å². The summed E-state index contributed by atoms with van der Waals surface area (Å²) < 4.78 is 87.5. The van der Waals surface area contributed by atoms with Gasteiger partial charge >= 0.3 is 0 Å². The summed E-state index contributed by atoms with van der Waals surface area (Å²) in [5.74, 6) is 0. The quantitative estimate of drug-likeness (QED) is 0.209. The molecule has 0 fully saturated rings. The van der Waals surface area contributed by atoms with Crippen LogP contribution in [0, 0.1) is 0 Å². The molecule has 0 N–H and O–H groups in total. The maximum Gasteiger partial charge on any atom is 0.0648 e. The molecule has 0 saturated carbocycles. The maximum atomic E-state index is 9.76. The highest BCUT2D eigenvalue weighted by atomic mass is 15.0. The molecular formula is C39H28N2. The highest BCUT2D eigenvalue weighted by Crippen LogP contribution is 2.50. The lowest BCUT2D eigenvalue weighted by molar-refractivity contribution is 0.659. The molecule has 6 aromatic carbocycles. The van der Waals surface area contributed by atoms with Crippen LogP contribution in [0.2, 0.25) is 0 Å². The van der Waals surface area contributed by atoms with Crippen molar-refractivity contribution in [1.82, 2.24) is 9.13 Å². The predicted octanol–water partition coefficient (Wildman–Crippen LogP) is 10.2. The van der Waals surface area contributed by atoms with Gasteiger partial charge in [-0.3, -0.25) is 0 Å². The Morgan fingerprint density at radius 3 is 1.20 bits per heavy atom. The molecule has 2 aromatic heterocycles. The molecule has 8 aromatic rings. The van der Waals surface area contributed by atoms with Crippen LogP contribution in [0.5, 0.6) is 0 Å². The number of aromatic nitrogens is 2. The number of nitrogens with zero attached hydrogens (tertiary/aromatic N) is 2. The van der Waals surface area contributed by atoms with Gasteiger partial charge in [-0.1, -0.05) is 98.7 Å². The lowest BCUT2D eigenvalue weighted by Gasteiger charge is -2.23. The lowest BCUT2D eigenvalue weighted by atomic mass is 9.82. The Morgan fingerprint density at radius 2 is 0.854 bits per heavy atom. The number of rotatable bonds is 2. The van der Waals surface area contributed by atoms with Gasteiger partial charge in [0.2, 0.25) is 0 Å². The molecule has 41 heavy (non-hydrogen) atoms. The highest BCUT2D eigenvalue weighted by molar-refractivity contribution is 6.10. The molecule has 0 bridgehead atoms. The van der Waals surface area contributed by atoms with E-state index in [0.717, 1.165) is 21.5 Å².